The highest BCUT2D eigenvalue weighted by atomic mass is 32.2. The molecule has 0 amide bonds. The lowest BCUT2D eigenvalue weighted by Gasteiger charge is -2.15. The monoisotopic (exact) mass is 611 g/mol. The van der Waals surface area contributed by atoms with Crippen molar-refractivity contribution in [3.8, 4) is 16.9 Å². The number of rotatable bonds is 11. The van der Waals surface area contributed by atoms with Gasteiger partial charge in [-0.15, -0.1) is 0 Å². The quantitative estimate of drug-likeness (QED) is 0.268. The van der Waals surface area contributed by atoms with E-state index in [0.717, 1.165) is 38.0 Å². The first kappa shape index (κ1) is 33.0. The summed E-state index contributed by atoms with van der Waals surface area (Å²) in [6, 6.07) is 20.1. The Morgan fingerprint density at radius 1 is 0.976 bits per heavy atom. The van der Waals surface area contributed by atoms with E-state index >= 15 is 4.39 Å². The average molecular weight is 612 g/mol. The number of methoxy groups -OCH3 is 1. The van der Waals surface area contributed by atoms with E-state index in [0.29, 0.717) is 30.0 Å². The van der Waals surface area contributed by atoms with Crippen LogP contribution in [0.15, 0.2) is 71.6 Å². The number of carboxylic acids is 1. The molecule has 0 spiro atoms. The summed E-state index contributed by atoms with van der Waals surface area (Å²) in [6.45, 7) is 4.20. The fourth-order valence-corrected chi connectivity index (χ4v) is 5.42. The van der Waals surface area contributed by atoms with Crippen molar-refractivity contribution in [2.45, 2.75) is 37.0 Å². The van der Waals surface area contributed by atoms with E-state index in [1.165, 1.54) is 17.7 Å². The number of likely N-dealkylation sites (tertiary alicyclic amines) is 1. The molecule has 0 aliphatic carbocycles. The van der Waals surface area contributed by atoms with E-state index in [1.807, 2.05) is 36.4 Å². The molecule has 3 aromatic rings. The second-order valence-corrected chi connectivity index (χ2v) is 11.3. The van der Waals surface area contributed by atoms with Crippen LogP contribution in [0.4, 0.5) is 17.6 Å². The molecule has 3 aromatic carbocycles. The molecule has 0 aromatic heterocycles. The minimum absolute atomic E-state index is 0.259. The van der Waals surface area contributed by atoms with Crippen LogP contribution in [-0.4, -0.2) is 63.9 Å². The van der Waals surface area contributed by atoms with Gasteiger partial charge < -0.3 is 20.1 Å². The van der Waals surface area contributed by atoms with E-state index in [4.69, 9.17) is 14.6 Å². The predicted octanol–water partition coefficient (Wildman–Crippen LogP) is 4.80. The Balaban J connectivity index is 0.000000616. The van der Waals surface area contributed by atoms with E-state index in [-0.39, 0.29) is 11.4 Å². The van der Waals surface area contributed by atoms with Crippen LogP contribution in [0, 0.1) is 5.82 Å². The first-order chi connectivity index (χ1) is 19.9. The Hall–Kier alpha value is -3.52. The van der Waals surface area contributed by atoms with Crippen LogP contribution in [0.1, 0.15) is 24.0 Å². The standard InChI is InChI=1S/C27H32FN3O3S.C2HF3O2/c1-34-26-11-9-22(20-29-19-21-7-3-2-4-8-21)17-24(26)23-10-12-27(25(28)18-23)35(32,33)30-13-16-31-14-5-6-15-31;3-2(4,5)1(6)7/h2-4,7-12,17-18,29-30H,5-6,13-16,19-20H2,1H3;(H,6,7). The highest BCUT2D eigenvalue weighted by molar-refractivity contribution is 7.89. The van der Waals surface area contributed by atoms with Gasteiger partial charge >= 0.3 is 12.1 Å². The smallest absolute Gasteiger partial charge is 0.490 e. The lowest BCUT2D eigenvalue weighted by molar-refractivity contribution is -0.192. The zero-order valence-electron chi connectivity index (χ0n) is 23.0. The lowest BCUT2D eigenvalue weighted by atomic mass is 10.0. The lowest BCUT2D eigenvalue weighted by Crippen LogP contribution is -2.33. The van der Waals surface area contributed by atoms with Crippen LogP contribution >= 0.6 is 0 Å². The maximum absolute atomic E-state index is 15.0. The minimum Gasteiger partial charge on any atom is -0.496 e. The molecular weight excluding hydrogens is 578 g/mol. The molecule has 0 bridgehead atoms. The number of nitrogens with one attached hydrogen (secondary N) is 2. The Morgan fingerprint density at radius 3 is 2.21 bits per heavy atom. The number of hydrogen-bond donors (Lipinski definition) is 3. The molecule has 4 rings (SSSR count). The molecule has 1 saturated heterocycles. The summed E-state index contributed by atoms with van der Waals surface area (Å²) in [5, 5.41) is 10.5. The number of carbonyl (C=O) groups is 1. The molecular formula is C29H33F4N3O5S. The van der Waals surface area contributed by atoms with Crippen LogP contribution in [0.25, 0.3) is 11.1 Å². The number of halogens is 4. The van der Waals surface area contributed by atoms with Crippen molar-refractivity contribution in [2.75, 3.05) is 33.3 Å². The van der Waals surface area contributed by atoms with Crippen molar-refractivity contribution in [2.24, 2.45) is 0 Å². The number of sulfonamides is 1. The Bertz CT molecular complexity index is 1430. The number of aliphatic carboxylic acids is 1. The number of alkyl halides is 3. The number of carboxylic acid groups (broad SMARTS) is 1. The molecule has 228 valence electrons. The summed E-state index contributed by atoms with van der Waals surface area (Å²) >= 11 is 0. The molecule has 1 aliphatic rings. The zero-order chi connectivity index (χ0) is 30.8. The van der Waals surface area contributed by atoms with Crippen molar-refractivity contribution >= 4 is 16.0 Å². The molecule has 0 radical (unpaired) electrons. The Kier molecular flexibility index (Phi) is 11.9. The molecule has 3 N–H and O–H groups in total. The first-order valence-corrected chi connectivity index (χ1v) is 14.6. The van der Waals surface area contributed by atoms with Gasteiger partial charge in [-0.1, -0.05) is 42.5 Å². The normalized spacial score (nSPS) is 13.8. The van der Waals surface area contributed by atoms with Crippen LogP contribution in [0.2, 0.25) is 0 Å². The van der Waals surface area contributed by atoms with Gasteiger partial charge in [0.15, 0.2) is 0 Å². The van der Waals surface area contributed by atoms with Gasteiger partial charge in [-0.05, 0) is 66.9 Å². The summed E-state index contributed by atoms with van der Waals surface area (Å²) in [5.41, 5.74) is 3.46. The summed E-state index contributed by atoms with van der Waals surface area (Å²) in [7, 11) is -2.38. The minimum atomic E-state index is -5.08. The van der Waals surface area contributed by atoms with Gasteiger partial charge in [0.25, 0.3) is 0 Å². The van der Waals surface area contributed by atoms with Crippen LogP contribution in [0.5, 0.6) is 5.75 Å². The fourth-order valence-electron chi connectivity index (χ4n) is 4.35. The number of nitrogens with zero attached hydrogens (tertiary/aromatic N) is 1. The van der Waals surface area contributed by atoms with Crippen molar-refractivity contribution < 1.29 is 40.6 Å². The van der Waals surface area contributed by atoms with Crippen LogP contribution in [-0.2, 0) is 27.9 Å². The van der Waals surface area contributed by atoms with Gasteiger partial charge in [-0.2, -0.15) is 13.2 Å². The van der Waals surface area contributed by atoms with Gasteiger partial charge in [0.1, 0.15) is 16.5 Å². The van der Waals surface area contributed by atoms with Crippen molar-refractivity contribution in [1.82, 2.24) is 14.9 Å². The van der Waals surface area contributed by atoms with Gasteiger partial charge in [-0.3, -0.25) is 0 Å². The summed E-state index contributed by atoms with van der Waals surface area (Å²) in [6.07, 6.45) is -2.81. The molecule has 1 aliphatic heterocycles. The molecule has 1 heterocycles. The van der Waals surface area contributed by atoms with Crippen molar-refractivity contribution in [3.05, 3.63) is 83.7 Å². The highest BCUT2D eigenvalue weighted by Crippen LogP contribution is 2.32. The Morgan fingerprint density at radius 2 is 1.62 bits per heavy atom. The Labute approximate surface area is 242 Å². The third-order valence-corrected chi connectivity index (χ3v) is 7.95. The average Bonchev–Trinajstić information content (AvgIpc) is 3.47. The van der Waals surface area contributed by atoms with E-state index in [1.54, 1.807) is 13.2 Å². The van der Waals surface area contributed by atoms with Crippen molar-refractivity contribution in [3.63, 3.8) is 0 Å². The molecule has 8 nitrogen and oxygen atoms in total. The molecule has 0 unspecified atom stereocenters. The van der Waals surface area contributed by atoms with Gasteiger partial charge in [0.2, 0.25) is 10.0 Å². The number of hydrogen-bond acceptors (Lipinski definition) is 6. The summed E-state index contributed by atoms with van der Waals surface area (Å²) in [4.78, 5) is 10.8. The van der Waals surface area contributed by atoms with Gasteiger partial charge in [-0.25, -0.2) is 22.3 Å². The summed E-state index contributed by atoms with van der Waals surface area (Å²) < 4.78 is 80.1. The largest absolute Gasteiger partial charge is 0.496 e. The molecule has 42 heavy (non-hydrogen) atoms. The fraction of sp³-hybridized carbons (Fsp3) is 0.345. The first-order valence-electron chi connectivity index (χ1n) is 13.1. The topological polar surface area (TPSA) is 108 Å². The third kappa shape index (κ3) is 9.79. The molecule has 13 heteroatoms. The predicted molar refractivity (Wildman–Crippen MR) is 150 cm³/mol. The highest BCUT2D eigenvalue weighted by Gasteiger charge is 2.38. The van der Waals surface area contributed by atoms with E-state index in [2.05, 4.69) is 27.1 Å². The SMILES string of the molecule is COc1ccc(CNCc2ccccc2)cc1-c1ccc(S(=O)(=O)NCCN2CCCC2)c(F)c1.O=C(O)C(F)(F)F. The maximum atomic E-state index is 15.0. The van der Waals surface area contributed by atoms with Gasteiger partial charge in [0, 0.05) is 31.7 Å². The number of ether oxygens (including phenoxy) is 1. The van der Waals surface area contributed by atoms with E-state index < -0.39 is 28.0 Å². The molecule has 1 fully saturated rings. The maximum Gasteiger partial charge on any atom is 0.490 e. The molecule has 0 saturated carbocycles. The zero-order valence-corrected chi connectivity index (χ0v) is 23.8. The second kappa shape index (κ2) is 15.1. The number of benzene rings is 3. The van der Waals surface area contributed by atoms with Crippen LogP contribution < -0.4 is 14.8 Å². The summed E-state index contributed by atoms with van der Waals surface area (Å²) in [5.74, 6) is -2.95. The van der Waals surface area contributed by atoms with E-state index in [9.17, 15) is 21.6 Å². The molecule has 0 atom stereocenters. The van der Waals surface area contributed by atoms with Crippen molar-refractivity contribution in [1.29, 1.82) is 0 Å². The third-order valence-electron chi connectivity index (χ3n) is 6.46. The van der Waals surface area contributed by atoms with Gasteiger partial charge in [0.05, 0.1) is 7.11 Å². The second-order valence-electron chi connectivity index (χ2n) is 9.52. The van der Waals surface area contributed by atoms with Crippen LogP contribution in [0.3, 0.4) is 0 Å².